The molecular formula is C14H18N4S. The molecule has 0 fully saturated rings. The fourth-order valence-corrected chi connectivity index (χ4v) is 3.24. The summed E-state index contributed by atoms with van der Waals surface area (Å²) >= 11 is 1.68. The van der Waals surface area contributed by atoms with Gasteiger partial charge in [-0.05, 0) is 33.2 Å². The fraction of sp³-hybridized carbons (Fsp3) is 0.500. The van der Waals surface area contributed by atoms with Crippen LogP contribution in [0.2, 0.25) is 0 Å². The molecule has 2 aromatic rings. The number of aryl methyl sites for hydroxylation is 2. The Morgan fingerprint density at radius 2 is 2.32 bits per heavy atom. The van der Waals surface area contributed by atoms with Gasteiger partial charge in [-0.2, -0.15) is 0 Å². The summed E-state index contributed by atoms with van der Waals surface area (Å²) in [6.07, 6.45) is 6.18. The zero-order valence-corrected chi connectivity index (χ0v) is 12.1. The van der Waals surface area contributed by atoms with E-state index < -0.39 is 0 Å². The predicted octanol–water partition coefficient (Wildman–Crippen LogP) is 2.43. The highest BCUT2D eigenvalue weighted by Crippen LogP contribution is 2.27. The van der Waals surface area contributed by atoms with Crippen LogP contribution in [0.5, 0.6) is 0 Å². The van der Waals surface area contributed by atoms with Gasteiger partial charge >= 0.3 is 0 Å². The first-order valence-electron chi connectivity index (χ1n) is 6.69. The summed E-state index contributed by atoms with van der Waals surface area (Å²) in [6.45, 7) is 2.03. The van der Waals surface area contributed by atoms with E-state index in [1.165, 1.54) is 24.1 Å². The van der Waals surface area contributed by atoms with Gasteiger partial charge in [0.25, 0.3) is 0 Å². The summed E-state index contributed by atoms with van der Waals surface area (Å²) in [7, 11) is 2.01. The molecule has 2 aromatic heterocycles. The van der Waals surface area contributed by atoms with E-state index in [2.05, 4.69) is 20.7 Å². The number of nitrogens with zero attached hydrogens (tertiary/aromatic N) is 3. The molecule has 1 unspecified atom stereocenters. The first-order chi connectivity index (χ1) is 9.26. The zero-order chi connectivity index (χ0) is 13.2. The van der Waals surface area contributed by atoms with Crippen LogP contribution in [0.3, 0.4) is 0 Å². The number of hydrogen-bond donors (Lipinski definition) is 1. The van der Waals surface area contributed by atoms with Crippen LogP contribution < -0.4 is 5.32 Å². The van der Waals surface area contributed by atoms with Gasteiger partial charge in [-0.15, -0.1) is 11.3 Å². The molecule has 1 aliphatic carbocycles. The lowest BCUT2D eigenvalue weighted by Gasteiger charge is -2.24. The van der Waals surface area contributed by atoms with E-state index in [0.717, 1.165) is 29.4 Å². The van der Waals surface area contributed by atoms with Crippen LogP contribution in [0, 0.1) is 6.92 Å². The Hall–Kier alpha value is -1.33. The predicted molar refractivity (Wildman–Crippen MR) is 76.4 cm³/mol. The molecule has 1 atom stereocenters. The minimum absolute atomic E-state index is 0.416. The zero-order valence-electron chi connectivity index (χ0n) is 11.3. The summed E-state index contributed by atoms with van der Waals surface area (Å²) in [5, 5.41) is 6.53. The largest absolute Gasteiger partial charge is 0.313 e. The number of hydrogen-bond acceptors (Lipinski definition) is 5. The van der Waals surface area contributed by atoms with Crippen LogP contribution in [0.4, 0.5) is 0 Å². The lowest BCUT2D eigenvalue weighted by atomic mass is 9.92. The van der Waals surface area contributed by atoms with Gasteiger partial charge < -0.3 is 5.32 Å². The second-order valence-electron chi connectivity index (χ2n) is 4.96. The maximum absolute atomic E-state index is 4.73. The molecule has 0 spiro atoms. The minimum atomic E-state index is 0.416. The van der Waals surface area contributed by atoms with Gasteiger partial charge in [-0.1, -0.05) is 0 Å². The average molecular weight is 274 g/mol. The van der Waals surface area contributed by atoms with Gasteiger partial charge in [0.2, 0.25) is 0 Å². The lowest BCUT2D eigenvalue weighted by Crippen LogP contribution is -2.23. The van der Waals surface area contributed by atoms with Crippen LogP contribution in [0.15, 0.2) is 11.6 Å². The van der Waals surface area contributed by atoms with Crippen LogP contribution in [0.25, 0.3) is 0 Å². The van der Waals surface area contributed by atoms with Gasteiger partial charge in [-0.3, -0.25) is 0 Å². The Balaban J connectivity index is 1.85. The maximum atomic E-state index is 4.73. The highest BCUT2D eigenvalue weighted by Gasteiger charge is 2.20. The Labute approximate surface area is 117 Å². The molecule has 0 amide bonds. The Morgan fingerprint density at radius 1 is 1.42 bits per heavy atom. The highest BCUT2D eigenvalue weighted by atomic mass is 32.1. The van der Waals surface area contributed by atoms with Crippen molar-refractivity contribution in [2.75, 3.05) is 7.05 Å². The molecule has 2 heterocycles. The molecular weight excluding hydrogens is 256 g/mol. The van der Waals surface area contributed by atoms with Gasteiger partial charge in [0, 0.05) is 28.9 Å². The smallest absolute Gasteiger partial charge is 0.134 e. The monoisotopic (exact) mass is 274 g/mol. The fourth-order valence-electron chi connectivity index (χ4n) is 2.62. The molecule has 19 heavy (non-hydrogen) atoms. The number of fused-ring (bicyclic) bond motifs is 1. The van der Waals surface area contributed by atoms with Crippen molar-refractivity contribution in [3.63, 3.8) is 0 Å². The molecule has 3 rings (SSSR count). The maximum Gasteiger partial charge on any atom is 0.134 e. The third-order valence-electron chi connectivity index (χ3n) is 3.59. The Morgan fingerprint density at radius 3 is 3.05 bits per heavy atom. The van der Waals surface area contributed by atoms with Crippen molar-refractivity contribution >= 4 is 11.3 Å². The number of thiazole rings is 1. The molecule has 1 aliphatic rings. The number of rotatable bonds is 3. The molecule has 100 valence electrons. The number of aromatic nitrogens is 3. The van der Waals surface area contributed by atoms with Gasteiger partial charge in [0.15, 0.2) is 0 Å². The van der Waals surface area contributed by atoms with E-state index in [1.807, 2.05) is 20.2 Å². The van der Waals surface area contributed by atoms with E-state index in [4.69, 9.17) is 4.98 Å². The highest BCUT2D eigenvalue weighted by molar-refractivity contribution is 7.09. The first-order valence-corrected chi connectivity index (χ1v) is 7.57. The molecule has 0 radical (unpaired) electrons. The Bertz CT molecular complexity index is 579. The van der Waals surface area contributed by atoms with Crippen molar-refractivity contribution in [2.24, 2.45) is 0 Å². The SMILES string of the molecule is CNC1CCCc2nc(Cc3csc(C)n3)ncc21. The molecule has 0 saturated heterocycles. The molecule has 5 heteroatoms. The van der Waals surface area contributed by atoms with Crippen LogP contribution in [-0.4, -0.2) is 22.0 Å². The van der Waals surface area contributed by atoms with Crippen molar-refractivity contribution < 1.29 is 0 Å². The minimum Gasteiger partial charge on any atom is -0.313 e. The van der Waals surface area contributed by atoms with Gasteiger partial charge in [0.05, 0.1) is 17.1 Å². The van der Waals surface area contributed by atoms with E-state index in [9.17, 15) is 0 Å². The summed E-state index contributed by atoms with van der Waals surface area (Å²) in [5.74, 6) is 0.890. The van der Waals surface area contributed by atoms with Gasteiger partial charge in [-0.25, -0.2) is 15.0 Å². The van der Waals surface area contributed by atoms with Crippen LogP contribution in [0.1, 0.15) is 46.7 Å². The summed E-state index contributed by atoms with van der Waals surface area (Å²) in [4.78, 5) is 13.7. The molecule has 0 bridgehead atoms. The second kappa shape index (κ2) is 5.35. The van der Waals surface area contributed by atoms with Crippen molar-refractivity contribution in [3.8, 4) is 0 Å². The summed E-state index contributed by atoms with van der Waals surface area (Å²) < 4.78 is 0. The van der Waals surface area contributed by atoms with Crippen molar-refractivity contribution in [2.45, 2.75) is 38.6 Å². The third-order valence-corrected chi connectivity index (χ3v) is 4.41. The summed E-state index contributed by atoms with van der Waals surface area (Å²) in [5.41, 5.74) is 3.55. The van der Waals surface area contributed by atoms with E-state index in [0.29, 0.717) is 6.04 Å². The molecule has 0 saturated carbocycles. The Kier molecular flexibility index (Phi) is 3.57. The molecule has 0 aliphatic heterocycles. The molecule has 4 nitrogen and oxygen atoms in total. The van der Waals surface area contributed by atoms with Crippen LogP contribution >= 0.6 is 11.3 Å². The van der Waals surface area contributed by atoms with Crippen LogP contribution in [-0.2, 0) is 12.8 Å². The van der Waals surface area contributed by atoms with E-state index >= 15 is 0 Å². The molecule has 1 N–H and O–H groups in total. The van der Waals surface area contributed by atoms with Gasteiger partial charge in [0.1, 0.15) is 5.82 Å². The van der Waals surface area contributed by atoms with Crippen molar-refractivity contribution in [1.29, 1.82) is 0 Å². The quantitative estimate of drug-likeness (QED) is 0.934. The number of nitrogens with one attached hydrogen (secondary N) is 1. The molecule has 0 aromatic carbocycles. The third kappa shape index (κ3) is 2.67. The van der Waals surface area contributed by atoms with Crippen molar-refractivity contribution in [3.05, 3.63) is 39.4 Å². The van der Waals surface area contributed by atoms with E-state index in [1.54, 1.807) is 11.3 Å². The first kappa shape index (κ1) is 12.7. The lowest BCUT2D eigenvalue weighted by molar-refractivity contribution is 0.485. The standard InChI is InChI=1S/C14H18N4S/c1-9-17-10(8-19-9)6-14-16-7-11-12(15-2)4-3-5-13(11)18-14/h7-8,12,15H,3-6H2,1-2H3. The van der Waals surface area contributed by atoms with Crippen molar-refractivity contribution in [1.82, 2.24) is 20.3 Å². The topological polar surface area (TPSA) is 50.7 Å². The summed E-state index contributed by atoms with van der Waals surface area (Å²) in [6, 6.07) is 0.416. The normalized spacial score (nSPS) is 18.3. The average Bonchev–Trinajstić information content (AvgIpc) is 2.83. The van der Waals surface area contributed by atoms with E-state index in [-0.39, 0.29) is 0 Å². The second-order valence-corrected chi connectivity index (χ2v) is 6.02.